The van der Waals surface area contributed by atoms with Gasteiger partial charge in [-0.25, -0.2) is 14.5 Å². The number of nitrogens with zero attached hydrogens (tertiary/aromatic N) is 4. The SMILES string of the molecule is Cc1ccccc1-c1nc2[nH]nc(C)n2c(=O)c1C#N. The summed E-state index contributed by atoms with van der Waals surface area (Å²) in [5, 5.41) is 16.0. The van der Waals surface area contributed by atoms with Crippen LogP contribution in [-0.4, -0.2) is 19.6 Å². The van der Waals surface area contributed by atoms with Crippen LogP contribution in [0.4, 0.5) is 0 Å². The summed E-state index contributed by atoms with van der Waals surface area (Å²) >= 11 is 0. The van der Waals surface area contributed by atoms with Gasteiger partial charge < -0.3 is 0 Å². The highest BCUT2D eigenvalue weighted by molar-refractivity contribution is 5.70. The van der Waals surface area contributed by atoms with Gasteiger partial charge in [0.15, 0.2) is 0 Å². The van der Waals surface area contributed by atoms with Crippen LogP contribution >= 0.6 is 0 Å². The zero-order chi connectivity index (χ0) is 14.3. The van der Waals surface area contributed by atoms with E-state index < -0.39 is 5.56 Å². The average molecular weight is 265 g/mol. The molecule has 1 aromatic carbocycles. The van der Waals surface area contributed by atoms with Crippen molar-refractivity contribution in [3.63, 3.8) is 0 Å². The Bertz CT molecular complexity index is 913. The van der Waals surface area contributed by atoms with Gasteiger partial charge in [0.25, 0.3) is 5.56 Å². The molecule has 2 heterocycles. The molecule has 6 nitrogen and oxygen atoms in total. The maximum absolute atomic E-state index is 12.4. The van der Waals surface area contributed by atoms with Crippen molar-refractivity contribution in [2.24, 2.45) is 0 Å². The number of fused-ring (bicyclic) bond motifs is 1. The molecule has 0 spiro atoms. The van der Waals surface area contributed by atoms with Crippen molar-refractivity contribution >= 4 is 5.78 Å². The summed E-state index contributed by atoms with van der Waals surface area (Å²) in [6.45, 7) is 3.60. The molecule has 0 fully saturated rings. The number of nitrogens with one attached hydrogen (secondary N) is 1. The molecular formula is C14H11N5O. The van der Waals surface area contributed by atoms with Gasteiger partial charge >= 0.3 is 0 Å². The van der Waals surface area contributed by atoms with Crippen molar-refractivity contribution in [1.29, 1.82) is 5.26 Å². The van der Waals surface area contributed by atoms with Crippen LogP contribution in [0.15, 0.2) is 29.1 Å². The smallest absolute Gasteiger partial charge is 0.267 e. The standard InChI is InChI=1S/C14H11N5O/c1-8-5-3-4-6-10(8)12-11(7-15)13(20)19-9(2)17-18-14(19)16-12/h3-6H,1-2H3,(H,16,18). The Balaban J connectivity index is 2.46. The van der Waals surface area contributed by atoms with Crippen LogP contribution in [0.2, 0.25) is 0 Å². The molecule has 0 amide bonds. The molecule has 0 radical (unpaired) electrons. The second-order valence-electron chi connectivity index (χ2n) is 4.50. The molecule has 0 aliphatic rings. The third-order valence-corrected chi connectivity index (χ3v) is 3.24. The van der Waals surface area contributed by atoms with E-state index in [1.807, 2.05) is 37.3 Å². The molecule has 3 rings (SSSR count). The van der Waals surface area contributed by atoms with Crippen molar-refractivity contribution in [2.45, 2.75) is 13.8 Å². The number of benzene rings is 1. The first-order valence-electron chi connectivity index (χ1n) is 6.07. The van der Waals surface area contributed by atoms with E-state index in [4.69, 9.17) is 0 Å². The van der Waals surface area contributed by atoms with Crippen molar-refractivity contribution in [1.82, 2.24) is 19.6 Å². The minimum absolute atomic E-state index is 0.0290. The molecule has 1 N–H and O–H groups in total. The van der Waals surface area contributed by atoms with Crippen LogP contribution in [-0.2, 0) is 0 Å². The van der Waals surface area contributed by atoms with Gasteiger partial charge in [-0.3, -0.25) is 4.79 Å². The van der Waals surface area contributed by atoms with E-state index in [1.165, 1.54) is 4.40 Å². The Morgan fingerprint density at radius 2 is 2.05 bits per heavy atom. The average Bonchev–Trinajstić information content (AvgIpc) is 2.81. The van der Waals surface area contributed by atoms with Crippen LogP contribution in [0.25, 0.3) is 17.0 Å². The predicted molar refractivity (Wildman–Crippen MR) is 73.2 cm³/mol. The van der Waals surface area contributed by atoms with Crippen LogP contribution < -0.4 is 5.56 Å². The maximum Gasteiger partial charge on any atom is 0.279 e. The largest absolute Gasteiger partial charge is 0.279 e. The number of H-pyrrole nitrogens is 1. The van der Waals surface area contributed by atoms with Gasteiger partial charge in [0.2, 0.25) is 5.78 Å². The van der Waals surface area contributed by atoms with E-state index in [1.54, 1.807) is 6.92 Å². The fourth-order valence-corrected chi connectivity index (χ4v) is 2.21. The quantitative estimate of drug-likeness (QED) is 0.723. The normalized spacial score (nSPS) is 10.7. The molecule has 0 unspecified atom stereocenters. The number of hydrogen-bond acceptors (Lipinski definition) is 4. The molecule has 6 heteroatoms. The Kier molecular flexibility index (Phi) is 2.61. The summed E-state index contributed by atoms with van der Waals surface area (Å²) in [7, 11) is 0. The lowest BCUT2D eigenvalue weighted by molar-refractivity contribution is 0.971. The zero-order valence-electron chi connectivity index (χ0n) is 11.0. The molecule has 0 saturated carbocycles. The first-order chi connectivity index (χ1) is 9.63. The summed E-state index contributed by atoms with van der Waals surface area (Å²) in [6, 6.07) is 9.47. The highest BCUT2D eigenvalue weighted by Crippen LogP contribution is 2.23. The van der Waals surface area contributed by atoms with Gasteiger partial charge in [0.1, 0.15) is 17.5 Å². The van der Waals surface area contributed by atoms with Gasteiger partial charge in [-0.2, -0.15) is 10.4 Å². The number of aromatic amines is 1. The summed E-state index contributed by atoms with van der Waals surface area (Å²) in [6.07, 6.45) is 0. The highest BCUT2D eigenvalue weighted by atomic mass is 16.1. The first kappa shape index (κ1) is 12.1. The lowest BCUT2D eigenvalue weighted by atomic mass is 10.0. The van der Waals surface area contributed by atoms with E-state index >= 15 is 0 Å². The molecule has 0 aliphatic heterocycles. The van der Waals surface area contributed by atoms with Gasteiger partial charge in [-0.05, 0) is 19.4 Å². The second-order valence-corrected chi connectivity index (χ2v) is 4.50. The molecule has 0 aliphatic carbocycles. The number of hydrogen-bond donors (Lipinski definition) is 1. The number of aromatic nitrogens is 4. The predicted octanol–water partition coefficient (Wildman–Crippen LogP) is 1.57. The molecule has 2 aromatic heterocycles. The van der Waals surface area contributed by atoms with Crippen molar-refractivity contribution < 1.29 is 0 Å². The molecule has 3 aromatic rings. The van der Waals surface area contributed by atoms with Crippen LogP contribution in [0.1, 0.15) is 17.0 Å². The van der Waals surface area contributed by atoms with Crippen molar-refractivity contribution in [2.75, 3.05) is 0 Å². The van der Waals surface area contributed by atoms with E-state index in [2.05, 4.69) is 15.2 Å². The third kappa shape index (κ3) is 1.61. The Hall–Kier alpha value is -2.94. The van der Waals surface area contributed by atoms with E-state index in [9.17, 15) is 10.1 Å². The summed E-state index contributed by atoms with van der Waals surface area (Å²) in [4.78, 5) is 16.8. The lowest BCUT2D eigenvalue weighted by Gasteiger charge is -2.06. The Morgan fingerprint density at radius 3 is 2.75 bits per heavy atom. The number of nitriles is 1. The topological polar surface area (TPSA) is 86.8 Å². The Labute approximate surface area is 114 Å². The van der Waals surface area contributed by atoms with Crippen LogP contribution in [0.3, 0.4) is 0 Å². The van der Waals surface area contributed by atoms with Crippen LogP contribution in [0, 0.1) is 25.2 Å². The van der Waals surface area contributed by atoms with Gasteiger partial charge in [0, 0.05) is 5.56 Å². The summed E-state index contributed by atoms with van der Waals surface area (Å²) in [5.41, 5.74) is 1.75. The highest BCUT2D eigenvalue weighted by Gasteiger charge is 2.17. The minimum atomic E-state index is -0.401. The van der Waals surface area contributed by atoms with Crippen molar-refractivity contribution in [3.05, 3.63) is 51.6 Å². The number of rotatable bonds is 1. The molecule has 0 saturated heterocycles. The summed E-state index contributed by atoms with van der Waals surface area (Å²) < 4.78 is 1.31. The fraction of sp³-hybridized carbons (Fsp3) is 0.143. The Morgan fingerprint density at radius 1 is 1.30 bits per heavy atom. The van der Waals surface area contributed by atoms with E-state index in [0.29, 0.717) is 17.3 Å². The summed E-state index contributed by atoms with van der Waals surface area (Å²) in [5.74, 6) is 0.815. The van der Waals surface area contributed by atoms with Crippen molar-refractivity contribution in [3.8, 4) is 17.3 Å². The van der Waals surface area contributed by atoms with Gasteiger partial charge in [0.05, 0.1) is 5.69 Å². The van der Waals surface area contributed by atoms with E-state index in [0.717, 1.165) is 11.1 Å². The lowest BCUT2D eigenvalue weighted by Crippen LogP contribution is -2.20. The molecule has 98 valence electrons. The minimum Gasteiger partial charge on any atom is -0.267 e. The molecular weight excluding hydrogens is 254 g/mol. The molecule has 0 atom stereocenters. The van der Waals surface area contributed by atoms with Crippen LogP contribution in [0.5, 0.6) is 0 Å². The zero-order valence-corrected chi connectivity index (χ0v) is 11.0. The third-order valence-electron chi connectivity index (χ3n) is 3.24. The molecule has 0 bridgehead atoms. The molecule has 20 heavy (non-hydrogen) atoms. The maximum atomic E-state index is 12.4. The van der Waals surface area contributed by atoms with Gasteiger partial charge in [-0.1, -0.05) is 24.3 Å². The van der Waals surface area contributed by atoms with Gasteiger partial charge in [-0.15, -0.1) is 0 Å². The first-order valence-corrected chi connectivity index (χ1v) is 6.07. The van der Waals surface area contributed by atoms with E-state index in [-0.39, 0.29) is 5.56 Å². The second kappa shape index (κ2) is 4.31. The fourth-order valence-electron chi connectivity index (χ4n) is 2.21. The monoisotopic (exact) mass is 265 g/mol. The number of aryl methyl sites for hydroxylation is 2.